The van der Waals surface area contributed by atoms with E-state index in [1.165, 1.54) is 24.0 Å². The molecule has 31 heavy (non-hydrogen) atoms. The number of carbonyl (C=O) groups excluding carboxylic acids is 1. The number of likely N-dealkylation sites (tertiary alicyclic amines) is 1. The van der Waals surface area contributed by atoms with Crippen LogP contribution in [0.2, 0.25) is 0 Å². The van der Waals surface area contributed by atoms with Crippen LogP contribution in [0.5, 0.6) is 0 Å². The monoisotopic (exact) mass is 430 g/mol. The first kappa shape index (κ1) is 20.6. The summed E-state index contributed by atoms with van der Waals surface area (Å²) < 4.78 is 0. The molecule has 2 aliphatic rings. The molecular formula is C27H30N2OS. The van der Waals surface area contributed by atoms with Gasteiger partial charge in [0, 0.05) is 24.6 Å². The number of hydrogen-bond donors (Lipinski definition) is 1. The fourth-order valence-electron chi connectivity index (χ4n) is 5.46. The minimum atomic E-state index is -0.135. The molecule has 0 bridgehead atoms. The molecule has 0 saturated carbocycles. The van der Waals surface area contributed by atoms with Gasteiger partial charge in [-0.3, -0.25) is 4.79 Å². The molecule has 4 heteroatoms. The maximum Gasteiger partial charge on any atom is 0.180 e. The Hall–Kier alpha value is -2.27. The van der Waals surface area contributed by atoms with E-state index in [9.17, 15) is 4.79 Å². The number of piperidine rings is 1. The molecule has 3 aromatic rings. The average molecular weight is 431 g/mol. The molecule has 0 amide bonds. The maximum atomic E-state index is 13.3. The minimum Gasteiger partial charge on any atom is -0.306 e. The predicted octanol–water partition coefficient (Wildman–Crippen LogP) is 5.18. The SMILES string of the molecule is O=C(c1ccccc1)C1NCC(CN2CCC(c3ccccc3)CC2)C1c1ccsc1. The molecule has 2 aliphatic heterocycles. The third-order valence-electron chi connectivity index (χ3n) is 7.09. The summed E-state index contributed by atoms with van der Waals surface area (Å²) in [7, 11) is 0. The molecule has 1 N–H and O–H groups in total. The second kappa shape index (κ2) is 9.47. The van der Waals surface area contributed by atoms with Crippen molar-refractivity contribution in [3.8, 4) is 0 Å². The van der Waals surface area contributed by atoms with E-state index in [0.717, 1.165) is 31.7 Å². The summed E-state index contributed by atoms with van der Waals surface area (Å²) in [5.41, 5.74) is 3.60. The number of rotatable bonds is 6. The largest absolute Gasteiger partial charge is 0.306 e. The fourth-order valence-corrected chi connectivity index (χ4v) is 6.16. The van der Waals surface area contributed by atoms with Crippen molar-refractivity contribution in [1.82, 2.24) is 10.2 Å². The number of ketones is 1. The Morgan fingerprint density at radius 1 is 0.935 bits per heavy atom. The molecule has 160 valence electrons. The molecular weight excluding hydrogens is 400 g/mol. The number of benzene rings is 2. The lowest BCUT2D eigenvalue weighted by molar-refractivity contribution is 0.0938. The smallest absolute Gasteiger partial charge is 0.180 e. The molecule has 2 fully saturated rings. The quantitative estimate of drug-likeness (QED) is 0.547. The summed E-state index contributed by atoms with van der Waals surface area (Å²) in [6, 6.07) is 22.8. The van der Waals surface area contributed by atoms with E-state index in [4.69, 9.17) is 0 Å². The summed E-state index contributed by atoms with van der Waals surface area (Å²) in [6.45, 7) is 4.25. The zero-order valence-electron chi connectivity index (χ0n) is 17.8. The van der Waals surface area contributed by atoms with Gasteiger partial charge in [-0.05, 0) is 65.7 Å². The highest BCUT2D eigenvalue weighted by Gasteiger charge is 2.42. The second-order valence-electron chi connectivity index (χ2n) is 8.94. The van der Waals surface area contributed by atoms with Gasteiger partial charge in [-0.15, -0.1) is 0 Å². The van der Waals surface area contributed by atoms with Gasteiger partial charge in [-0.1, -0.05) is 60.7 Å². The van der Waals surface area contributed by atoms with Gasteiger partial charge in [-0.2, -0.15) is 11.3 Å². The van der Waals surface area contributed by atoms with Crippen molar-refractivity contribution in [2.24, 2.45) is 5.92 Å². The van der Waals surface area contributed by atoms with E-state index < -0.39 is 0 Å². The lowest BCUT2D eigenvalue weighted by Crippen LogP contribution is -2.39. The first-order valence-corrected chi connectivity index (χ1v) is 12.4. The van der Waals surface area contributed by atoms with Crippen LogP contribution in [0.25, 0.3) is 0 Å². The summed E-state index contributed by atoms with van der Waals surface area (Å²) in [4.78, 5) is 15.9. The van der Waals surface area contributed by atoms with E-state index in [1.54, 1.807) is 11.3 Å². The van der Waals surface area contributed by atoms with Crippen LogP contribution < -0.4 is 5.32 Å². The van der Waals surface area contributed by atoms with Crippen LogP contribution >= 0.6 is 11.3 Å². The molecule has 3 atom stereocenters. The summed E-state index contributed by atoms with van der Waals surface area (Å²) in [5, 5.41) is 7.97. The highest BCUT2D eigenvalue weighted by molar-refractivity contribution is 7.08. The first-order valence-electron chi connectivity index (χ1n) is 11.4. The van der Waals surface area contributed by atoms with E-state index in [2.05, 4.69) is 57.4 Å². The number of Topliss-reactive ketones (excluding diaryl/α,β-unsaturated/α-hetero) is 1. The topological polar surface area (TPSA) is 32.3 Å². The van der Waals surface area contributed by atoms with Crippen LogP contribution in [-0.2, 0) is 0 Å². The predicted molar refractivity (Wildman–Crippen MR) is 128 cm³/mol. The van der Waals surface area contributed by atoms with Gasteiger partial charge in [0.05, 0.1) is 6.04 Å². The van der Waals surface area contributed by atoms with Gasteiger partial charge in [-0.25, -0.2) is 0 Å². The van der Waals surface area contributed by atoms with Gasteiger partial charge >= 0.3 is 0 Å². The molecule has 0 radical (unpaired) electrons. The zero-order chi connectivity index (χ0) is 21.0. The number of nitrogens with one attached hydrogen (secondary N) is 1. The van der Waals surface area contributed by atoms with E-state index in [-0.39, 0.29) is 17.7 Å². The zero-order valence-corrected chi connectivity index (χ0v) is 18.6. The standard InChI is InChI=1S/C27H30N2OS/c30-27(22-9-5-2-6-10-22)26-25(23-13-16-31-19-23)24(17-28-26)18-29-14-11-21(12-15-29)20-7-3-1-4-8-20/h1-10,13,16,19,21,24-26,28H,11-12,14-15,17-18H2. The van der Waals surface area contributed by atoms with E-state index >= 15 is 0 Å². The number of hydrogen-bond acceptors (Lipinski definition) is 4. The normalized spacial score (nSPS) is 25.0. The van der Waals surface area contributed by atoms with Crippen LogP contribution in [0.4, 0.5) is 0 Å². The fraction of sp³-hybridized carbons (Fsp3) is 0.370. The van der Waals surface area contributed by atoms with E-state index in [0.29, 0.717) is 11.8 Å². The van der Waals surface area contributed by atoms with Crippen molar-refractivity contribution in [2.45, 2.75) is 30.7 Å². The van der Waals surface area contributed by atoms with Gasteiger partial charge in [0.1, 0.15) is 0 Å². The highest BCUT2D eigenvalue weighted by Crippen LogP contribution is 2.37. The minimum absolute atomic E-state index is 0.135. The molecule has 0 spiro atoms. The molecule has 1 aromatic heterocycles. The van der Waals surface area contributed by atoms with Crippen molar-refractivity contribution in [2.75, 3.05) is 26.2 Å². The van der Waals surface area contributed by atoms with Crippen LogP contribution in [-0.4, -0.2) is 42.9 Å². The third kappa shape index (κ3) is 4.52. The second-order valence-corrected chi connectivity index (χ2v) is 9.72. The van der Waals surface area contributed by atoms with Crippen LogP contribution in [0.3, 0.4) is 0 Å². The average Bonchev–Trinajstić information content (AvgIpc) is 3.50. The Balaban J connectivity index is 1.27. The van der Waals surface area contributed by atoms with Crippen molar-refractivity contribution >= 4 is 17.1 Å². The molecule has 2 aromatic carbocycles. The van der Waals surface area contributed by atoms with Crippen molar-refractivity contribution < 1.29 is 4.79 Å². The van der Waals surface area contributed by atoms with Crippen molar-refractivity contribution in [3.05, 3.63) is 94.2 Å². The molecule has 5 rings (SSSR count). The summed E-state index contributed by atoms with van der Waals surface area (Å²) in [5.74, 6) is 1.60. The van der Waals surface area contributed by atoms with Gasteiger partial charge in [0.2, 0.25) is 0 Å². The Morgan fingerprint density at radius 2 is 1.65 bits per heavy atom. The highest BCUT2D eigenvalue weighted by atomic mass is 32.1. The summed E-state index contributed by atoms with van der Waals surface area (Å²) >= 11 is 1.73. The molecule has 3 unspecified atom stereocenters. The van der Waals surface area contributed by atoms with E-state index in [1.807, 2.05) is 30.3 Å². The molecule has 0 aliphatic carbocycles. The van der Waals surface area contributed by atoms with Gasteiger partial charge in [0.25, 0.3) is 0 Å². The van der Waals surface area contributed by atoms with Gasteiger partial charge < -0.3 is 10.2 Å². The maximum absolute atomic E-state index is 13.3. The van der Waals surface area contributed by atoms with Crippen LogP contribution in [0.15, 0.2) is 77.5 Å². The molecule has 3 heterocycles. The third-order valence-corrected chi connectivity index (χ3v) is 7.79. The molecule has 2 saturated heterocycles. The van der Waals surface area contributed by atoms with Crippen LogP contribution in [0, 0.1) is 5.92 Å². The number of nitrogens with zero attached hydrogens (tertiary/aromatic N) is 1. The lowest BCUT2D eigenvalue weighted by Gasteiger charge is -2.35. The Labute approximate surface area is 189 Å². The number of thiophene rings is 1. The summed E-state index contributed by atoms with van der Waals surface area (Å²) in [6.07, 6.45) is 2.44. The lowest BCUT2D eigenvalue weighted by atomic mass is 9.82. The van der Waals surface area contributed by atoms with Crippen molar-refractivity contribution in [1.29, 1.82) is 0 Å². The Kier molecular flexibility index (Phi) is 6.30. The number of carbonyl (C=O) groups is 1. The Morgan fingerprint density at radius 3 is 2.32 bits per heavy atom. The Bertz CT molecular complexity index is 965. The first-order chi connectivity index (χ1) is 15.3. The van der Waals surface area contributed by atoms with Crippen LogP contribution in [0.1, 0.15) is 46.2 Å². The van der Waals surface area contributed by atoms with Crippen molar-refractivity contribution in [3.63, 3.8) is 0 Å². The molecule has 3 nitrogen and oxygen atoms in total. The van der Waals surface area contributed by atoms with Gasteiger partial charge in [0.15, 0.2) is 5.78 Å².